The van der Waals surface area contributed by atoms with E-state index in [4.69, 9.17) is 4.42 Å². The Kier molecular flexibility index (Phi) is 4.58. The van der Waals surface area contributed by atoms with E-state index in [9.17, 15) is 9.59 Å². The average Bonchev–Trinajstić information content (AvgIpc) is 3.38. The number of amides is 2. The molecule has 4 rings (SSSR count). The highest BCUT2D eigenvalue weighted by Gasteiger charge is 2.35. The Hall–Kier alpha value is -2.86. The second kappa shape index (κ2) is 7.17. The summed E-state index contributed by atoms with van der Waals surface area (Å²) in [5.41, 5.74) is 3.23. The summed E-state index contributed by atoms with van der Waals surface area (Å²) in [6.45, 7) is 0.857. The summed E-state index contributed by atoms with van der Waals surface area (Å²) >= 11 is 1.59. The van der Waals surface area contributed by atoms with Crippen molar-refractivity contribution in [1.82, 2.24) is 10.2 Å². The van der Waals surface area contributed by atoms with E-state index in [-0.39, 0.29) is 17.6 Å². The first-order valence-corrected chi connectivity index (χ1v) is 9.36. The van der Waals surface area contributed by atoms with Crippen LogP contribution in [0.3, 0.4) is 0 Å². The van der Waals surface area contributed by atoms with Gasteiger partial charge in [0.1, 0.15) is 6.04 Å². The molecule has 0 saturated heterocycles. The van der Waals surface area contributed by atoms with Crippen LogP contribution in [-0.4, -0.2) is 22.8 Å². The molecule has 0 fully saturated rings. The van der Waals surface area contributed by atoms with E-state index >= 15 is 0 Å². The molecule has 1 N–H and O–H groups in total. The van der Waals surface area contributed by atoms with Crippen LogP contribution < -0.4 is 5.32 Å². The van der Waals surface area contributed by atoms with Crippen LogP contribution in [0.4, 0.5) is 0 Å². The number of fused-ring (bicyclic) bond motifs is 1. The van der Waals surface area contributed by atoms with Crippen LogP contribution in [0, 0.1) is 0 Å². The van der Waals surface area contributed by atoms with E-state index in [1.807, 2.05) is 41.1 Å². The molecule has 1 aliphatic heterocycles. The minimum Gasteiger partial charge on any atom is -0.459 e. The van der Waals surface area contributed by atoms with Gasteiger partial charge in [0, 0.05) is 19.5 Å². The summed E-state index contributed by atoms with van der Waals surface area (Å²) in [6, 6.07) is 12.7. The van der Waals surface area contributed by atoms with E-state index in [2.05, 4.69) is 5.32 Å². The molecule has 1 unspecified atom stereocenters. The number of benzene rings is 1. The molecule has 2 amide bonds. The maximum atomic E-state index is 12.9. The number of nitrogens with one attached hydrogen (secondary N) is 1. The lowest BCUT2D eigenvalue weighted by molar-refractivity contribution is -0.126. The maximum absolute atomic E-state index is 12.9. The fraction of sp³-hybridized carbons (Fsp3) is 0.200. The molecule has 1 aliphatic rings. The summed E-state index contributed by atoms with van der Waals surface area (Å²) in [5.74, 6) is -0.161. The molecule has 3 aromatic rings. The largest absolute Gasteiger partial charge is 0.459 e. The Morgan fingerprint density at radius 3 is 2.73 bits per heavy atom. The molecule has 2 aromatic heterocycles. The first kappa shape index (κ1) is 16.6. The van der Waals surface area contributed by atoms with E-state index in [0.717, 1.165) is 16.7 Å². The lowest BCUT2D eigenvalue weighted by atomic mass is 9.93. The third-order valence-corrected chi connectivity index (χ3v) is 5.32. The van der Waals surface area contributed by atoms with Crippen LogP contribution >= 0.6 is 11.3 Å². The van der Waals surface area contributed by atoms with Crippen molar-refractivity contribution in [3.05, 3.63) is 81.9 Å². The van der Waals surface area contributed by atoms with Crippen molar-refractivity contribution in [2.45, 2.75) is 25.6 Å². The van der Waals surface area contributed by atoms with Crippen molar-refractivity contribution < 1.29 is 14.0 Å². The van der Waals surface area contributed by atoms with E-state index in [1.165, 1.54) is 6.26 Å². The van der Waals surface area contributed by atoms with Gasteiger partial charge in [-0.3, -0.25) is 9.59 Å². The van der Waals surface area contributed by atoms with Gasteiger partial charge in [-0.2, -0.15) is 11.3 Å². The molecule has 3 heterocycles. The molecule has 1 aromatic carbocycles. The third kappa shape index (κ3) is 3.28. The molecule has 0 spiro atoms. The second-order valence-corrected chi connectivity index (χ2v) is 7.03. The fourth-order valence-electron chi connectivity index (χ4n) is 3.21. The molecule has 6 heteroatoms. The SMILES string of the molecule is O=C(NCc1ccsc1)C1Cc2ccccc2CN1C(=O)c1ccco1. The zero-order valence-corrected chi connectivity index (χ0v) is 14.9. The Labute approximate surface area is 155 Å². The second-order valence-electron chi connectivity index (χ2n) is 6.25. The topological polar surface area (TPSA) is 62.6 Å². The predicted molar refractivity (Wildman–Crippen MR) is 98.7 cm³/mol. The molecule has 5 nitrogen and oxygen atoms in total. The van der Waals surface area contributed by atoms with E-state index in [0.29, 0.717) is 19.5 Å². The molecule has 0 radical (unpaired) electrons. The highest BCUT2D eigenvalue weighted by molar-refractivity contribution is 7.07. The predicted octanol–water partition coefficient (Wildman–Crippen LogP) is 3.22. The average molecular weight is 366 g/mol. The summed E-state index contributed by atoms with van der Waals surface area (Å²) in [6.07, 6.45) is 1.97. The summed E-state index contributed by atoms with van der Waals surface area (Å²) in [4.78, 5) is 27.3. The van der Waals surface area contributed by atoms with Crippen LogP contribution in [0.2, 0.25) is 0 Å². The molecular weight excluding hydrogens is 348 g/mol. The number of hydrogen-bond donors (Lipinski definition) is 1. The fourth-order valence-corrected chi connectivity index (χ4v) is 3.88. The number of nitrogens with zero attached hydrogens (tertiary/aromatic N) is 1. The van der Waals surface area contributed by atoms with Gasteiger partial charge in [0.05, 0.1) is 6.26 Å². The van der Waals surface area contributed by atoms with Crippen molar-refractivity contribution in [1.29, 1.82) is 0 Å². The quantitative estimate of drug-likeness (QED) is 0.771. The Morgan fingerprint density at radius 2 is 2.00 bits per heavy atom. The smallest absolute Gasteiger partial charge is 0.290 e. The van der Waals surface area contributed by atoms with Gasteiger partial charge >= 0.3 is 0 Å². The van der Waals surface area contributed by atoms with Crippen LogP contribution in [-0.2, 0) is 24.3 Å². The van der Waals surface area contributed by atoms with Crippen molar-refractivity contribution in [2.24, 2.45) is 0 Å². The normalized spacial score (nSPS) is 16.2. The Balaban J connectivity index is 1.58. The van der Waals surface area contributed by atoms with Gasteiger partial charge in [-0.25, -0.2) is 0 Å². The van der Waals surface area contributed by atoms with Gasteiger partial charge in [-0.05, 0) is 45.6 Å². The van der Waals surface area contributed by atoms with Gasteiger partial charge < -0.3 is 14.6 Å². The van der Waals surface area contributed by atoms with Gasteiger partial charge in [-0.15, -0.1) is 0 Å². The summed E-state index contributed by atoms with van der Waals surface area (Å²) in [5, 5.41) is 6.94. The zero-order valence-electron chi connectivity index (χ0n) is 14.1. The number of thiophene rings is 1. The zero-order chi connectivity index (χ0) is 17.9. The maximum Gasteiger partial charge on any atom is 0.290 e. The van der Waals surface area contributed by atoms with Crippen molar-refractivity contribution >= 4 is 23.2 Å². The standard InChI is InChI=1S/C20H18N2O3S/c23-19(21-11-14-7-9-26-13-14)17-10-15-4-1-2-5-16(15)12-22(17)20(24)18-6-3-8-25-18/h1-9,13,17H,10-12H2,(H,21,23). The first-order chi connectivity index (χ1) is 12.7. The number of rotatable bonds is 4. The number of carbonyl (C=O) groups excluding carboxylic acids is 2. The minimum atomic E-state index is -0.555. The lowest BCUT2D eigenvalue weighted by Crippen LogP contribution is -2.52. The van der Waals surface area contributed by atoms with Gasteiger partial charge in [0.2, 0.25) is 5.91 Å². The molecule has 0 aliphatic carbocycles. The molecular formula is C20H18N2O3S. The van der Waals surface area contributed by atoms with Gasteiger partial charge in [0.15, 0.2) is 5.76 Å². The number of carbonyl (C=O) groups is 2. The van der Waals surface area contributed by atoms with E-state index in [1.54, 1.807) is 28.4 Å². The molecule has 26 heavy (non-hydrogen) atoms. The number of hydrogen-bond acceptors (Lipinski definition) is 4. The highest BCUT2D eigenvalue weighted by atomic mass is 32.1. The molecule has 0 saturated carbocycles. The summed E-state index contributed by atoms with van der Waals surface area (Å²) in [7, 11) is 0. The van der Waals surface area contributed by atoms with Crippen molar-refractivity contribution in [3.63, 3.8) is 0 Å². The van der Waals surface area contributed by atoms with Gasteiger partial charge in [0.25, 0.3) is 5.91 Å². The van der Waals surface area contributed by atoms with Gasteiger partial charge in [-0.1, -0.05) is 24.3 Å². The monoisotopic (exact) mass is 366 g/mol. The third-order valence-electron chi connectivity index (χ3n) is 4.59. The molecule has 0 bridgehead atoms. The van der Waals surface area contributed by atoms with Crippen LogP contribution in [0.15, 0.2) is 63.9 Å². The van der Waals surface area contributed by atoms with Crippen LogP contribution in [0.25, 0.3) is 0 Å². The number of furan rings is 1. The molecule has 1 atom stereocenters. The van der Waals surface area contributed by atoms with Crippen LogP contribution in [0.1, 0.15) is 27.2 Å². The minimum absolute atomic E-state index is 0.148. The van der Waals surface area contributed by atoms with Crippen molar-refractivity contribution in [2.75, 3.05) is 0 Å². The van der Waals surface area contributed by atoms with E-state index < -0.39 is 6.04 Å². The van der Waals surface area contributed by atoms with Crippen molar-refractivity contribution in [3.8, 4) is 0 Å². The molecule has 132 valence electrons. The summed E-state index contributed by atoms with van der Waals surface area (Å²) < 4.78 is 5.26. The Morgan fingerprint density at radius 1 is 1.15 bits per heavy atom. The van der Waals surface area contributed by atoms with Crippen LogP contribution in [0.5, 0.6) is 0 Å². The first-order valence-electron chi connectivity index (χ1n) is 8.42. The Bertz CT molecular complexity index is 903. The highest BCUT2D eigenvalue weighted by Crippen LogP contribution is 2.25. The lowest BCUT2D eigenvalue weighted by Gasteiger charge is -2.35.